The number of rotatable bonds is 7. The molecule has 0 bridgehead atoms. The zero-order valence-electron chi connectivity index (χ0n) is 19.9. The first-order valence-electron chi connectivity index (χ1n) is 12.2. The molecule has 1 aliphatic rings. The molecule has 3 heteroatoms. The highest BCUT2D eigenvalue weighted by atomic mass is 16.3. The fourth-order valence-corrected chi connectivity index (χ4v) is 4.84. The number of likely N-dealkylation sites (tertiary alicyclic amines) is 1. The van der Waals surface area contributed by atoms with Gasteiger partial charge >= 0.3 is 0 Å². The molecule has 2 aromatic carbocycles. The van der Waals surface area contributed by atoms with Crippen molar-refractivity contribution in [2.75, 3.05) is 19.6 Å². The molecular weight excluding hydrogens is 392 g/mol. The normalized spacial score (nSPS) is 17.0. The van der Waals surface area contributed by atoms with E-state index < -0.39 is 6.10 Å². The minimum Gasteiger partial charge on any atom is -0.388 e. The number of pyridine rings is 1. The lowest BCUT2D eigenvalue weighted by molar-refractivity contribution is 0.135. The first-order valence-corrected chi connectivity index (χ1v) is 12.2. The molecule has 170 valence electrons. The van der Waals surface area contributed by atoms with Gasteiger partial charge in [-0.3, -0.25) is 4.98 Å². The second-order valence-corrected chi connectivity index (χ2v) is 10.5. The van der Waals surface area contributed by atoms with Crippen LogP contribution in [0.3, 0.4) is 0 Å². The number of aromatic nitrogens is 1. The lowest BCUT2D eigenvalue weighted by Crippen LogP contribution is -2.35. The van der Waals surface area contributed by atoms with Crippen LogP contribution in [0, 0.1) is 5.92 Å². The van der Waals surface area contributed by atoms with E-state index in [9.17, 15) is 5.11 Å². The van der Waals surface area contributed by atoms with Gasteiger partial charge in [0.1, 0.15) is 0 Å². The van der Waals surface area contributed by atoms with Gasteiger partial charge in [-0.15, -0.1) is 0 Å². The maximum Gasteiger partial charge on any atom is 0.0797 e. The summed E-state index contributed by atoms with van der Waals surface area (Å²) >= 11 is 0. The van der Waals surface area contributed by atoms with Gasteiger partial charge in [0.2, 0.25) is 0 Å². The molecule has 1 atom stereocenters. The van der Waals surface area contributed by atoms with Gasteiger partial charge in [0, 0.05) is 23.0 Å². The Morgan fingerprint density at radius 1 is 1.00 bits per heavy atom. The number of nitrogens with zero attached hydrogens (tertiary/aromatic N) is 2. The average Bonchev–Trinajstić information content (AvgIpc) is 2.81. The molecule has 0 radical (unpaired) electrons. The van der Waals surface area contributed by atoms with Crippen molar-refractivity contribution < 1.29 is 5.11 Å². The van der Waals surface area contributed by atoms with Gasteiger partial charge < -0.3 is 10.0 Å². The Morgan fingerprint density at radius 3 is 2.41 bits per heavy atom. The molecule has 1 aliphatic heterocycles. The van der Waals surface area contributed by atoms with Crippen molar-refractivity contribution in [1.82, 2.24) is 9.88 Å². The lowest BCUT2D eigenvalue weighted by Gasteiger charge is -2.32. The molecule has 32 heavy (non-hydrogen) atoms. The number of benzene rings is 2. The molecule has 1 unspecified atom stereocenters. The fraction of sp³-hybridized carbons (Fsp3) is 0.483. The maximum atomic E-state index is 11.2. The summed E-state index contributed by atoms with van der Waals surface area (Å²) in [6.07, 6.45) is 5.11. The van der Waals surface area contributed by atoms with Crippen LogP contribution in [0.2, 0.25) is 0 Å². The van der Waals surface area contributed by atoms with E-state index in [-0.39, 0.29) is 5.41 Å². The zero-order valence-corrected chi connectivity index (χ0v) is 19.9. The first-order chi connectivity index (χ1) is 15.4. The third kappa shape index (κ3) is 5.76. The molecule has 0 aliphatic carbocycles. The zero-order chi connectivity index (χ0) is 22.6. The largest absolute Gasteiger partial charge is 0.388 e. The summed E-state index contributed by atoms with van der Waals surface area (Å²) in [5.41, 5.74) is 4.47. The molecule has 0 amide bonds. The lowest BCUT2D eigenvalue weighted by atomic mass is 9.86. The number of para-hydroxylation sites is 1. The van der Waals surface area contributed by atoms with Gasteiger partial charge in [-0.05, 0) is 74.4 Å². The third-order valence-electron chi connectivity index (χ3n) is 6.99. The predicted molar refractivity (Wildman–Crippen MR) is 134 cm³/mol. The van der Waals surface area contributed by atoms with Crippen molar-refractivity contribution in [1.29, 1.82) is 0 Å². The van der Waals surface area contributed by atoms with Crippen molar-refractivity contribution in [2.24, 2.45) is 5.92 Å². The highest BCUT2D eigenvalue weighted by molar-refractivity contribution is 5.82. The Bertz CT molecular complexity index is 1000. The highest BCUT2D eigenvalue weighted by Gasteiger charge is 2.23. The molecule has 2 heterocycles. The van der Waals surface area contributed by atoms with Gasteiger partial charge in [-0.1, -0.05) is 69.3 Å². The predicted octanol–water partition coefficient (Wildman–Crippen LogP) is 6.30. The summed E-state index contributed by atoms with van der Waals surface area (Å²) in [6, 6.07) is 21.2. The topological polar surface area (TPSA) is 36.4 Å². The van der Waals surface area contributed by atoms with Crippen molar-refractivity contribution in [2.45, 2.75) is 64.4 Å². The van der Waals surface area contributed by atoms with Crippen LogP contribution in [0.15, 0.2) is 60.7 Å². The molecule has 0 spiro atoms. The van der Waals surface area contributed by atoms with Crippen LogP contribution in [0.25, 0.3) is 10.9 Å². The van der Waals surface area contributed by atoms with Crippen LogP contribution in [0.1, 0.15) is 69.4 Å². The Morgan fingerprint density at radius 2 is 1.69 bits per heavy atom. The minimum atomic E-state index is -0.430. The summed E-state index contributed by atoms with van der Waals surface area (Å²) in [5.74, 6) is 0.716. The minimum absolute atomic E-state index is 0.0366. The maximum absolute atomic E-state index is 11.2. The van der Waals surface area contributed by atoms with Crippen molar-refractivity contribution in [3.63, 3.8) is 0 Å². The molecule has 3 nitrogen and oxygen atoms in total. The van der Waals surface area contributed by atoms with Gasteiger partial charge in [-0.25, -0.2) is 0 Å². The molecule has 4 rings (SSSR count). The quantitative estimate of drug-likeness (QED) is 0.478. The van der Waals surface area contributed by atoms with Crippen LogP contribution in [0.4, 0.5) is 0 Å². The Labute approximate surface area is 193 Å². The Hall–Kier alpha value is -2.23. The van der Waals surface area contributed by atoms with Crippen LogP contribution in [-0.2, 0) is 11.8 Å². The Balaban J connectivity index is 1.32. The van der Waals surface area contributed by atoms with Crippen LogP contribution >= 0.6 is 0 Å². The molecule has 3 aromatic rings. The second kappa shape index (κ2) is 10.1. The summed E-state index contributed by atoms with van der Waals surface area (Å²) < 4.78 is 0. The highest BCUT2D eigenvalue weighted by Crippen LogP contribution is 2.33. The summed E-state index contributed by atoms with van der Waals surface area (Å²) in [5, 5.41) is 12.3. The summed E-state index contributed by atoms with van der Waals surface area (Å²) in [4.78, 5) is 7.47. The van der Waals surface area contributed by atoms with E-state index in [4.69, 9.17) is 4.98 Å². The number of hydrogen-bond donors (Lipinski definition) is 1. The number of piperidine rings is 1. The van der Waals surface area contributed by atoms with Crippen molar-refractivity contribution in [3.8, 4) is 0 Å². The van der Waals surface area contributed by atoms with Crippen molar-refractivity contribution in [3.05, 3.63) is 77.5 Å². The molecule has 1 aromatic heterocycles. The van der Waals surface area contributed by atoms with E-state index in [1.807, 2.05) is 12.1 Å². The van der Waals surface area contributed by atoms with E-state index in [0.717, 1.165) is 48.0 Å². The summed E-state index contributed by atoms with van der Waals surface area (Å²) in [6.45, 7) is 10.1. The number of aliphatic hydroxyl groups is 1. The monoisotopic (exact) mass is 430 g/mol. The van der Waals surface area contributed by atoms with E-state index >= 15 is 0 Å². The van der Waals surface area contributed by atoms with Crippen LogP contribution in [-0.4, -0.2) is 34.6 Å². The fourth-order valence-electron chi connectivity index (χ4n) is 4.84. The van der Waals surface area contributed by atoms with Gasteiger partial charge in [0.25, 0.3) is 0 Å². The van der Waals surface area contributed by atoms with E-state index in [1.54, 1.807) is 0 Å². The van der Waals surface area contributed by atoms with Gasteiger partial charge in [0.05, 0.1) is 11.6 Å². The average molecular weight is 431 g/mol. The molecule has 1 saturated heterocycles. The van der Waals surface area contributed by atoms with Crippen LogP contribution in [0.5, 0.6) is 0 Å². The van der Waals surface area contributed by atoms with E-state index in [1.165, 1.54) is 31.5 Å². The number of hydrogen-bond acceptors (Lipinski definition) is 3. The molecule has 1 fully saturated rings. The molecular formula is C29H38N2O. The van der Waals surface area contributed by atoms with E-state index in [2.05, 4.69) is 74.2 Å². The number of fused-ring (bicyclic) bond motifs is 1. The molecule has 1 N–H and O–H groups in total. The van der Waals surface area contributed by atoms with Crippen molar-refractivity contribution >= 4 is 10.9 Å². The smallest absolute Gasteiger partial charge is 0.0797 e. The standard InChI is InChI=1S/C29H38N2O/c1-29(2,3)28-21-25(24-11-7-8-12-26(24)30-28)27(32)14-13-23-16-19-31(20-17-23)18-15-22-9-5-4-6-10-22/h4-12,21,23,27,32H,13-20H2,1-3H3. The first kappa shape index (κ1) is 22.9. The number of aliphatic hydroxyl groups excluding tert-OH is 1. The summed E-state index contributed by atoms with van der Waals surface area (Å²) in [7, 11) is 0. The SMILES string of the molecule is CC(C)(C)c1cc(C(O)CCC2CCN(CCc3ccccc3)CC2)c2ccccc2n1. The third-order valence-corrected chi connectivity index (χ3v) is 6.99. The van der Waals surface area contributed by atoms with Gasteiger partial charge in [0.15, 0.2) is 0 Å². The second-order valence-electron chi connectivity index (χ2n) is 10.5. The van der Waals surface area contributed by atoms with Gasteiger partial charge in [-0.2, -0.15) is 0 Å². The Kier molecular flexibility index (Phi) is 7.27. The van der Waals surface area contributed by atoms with E-state index in [0.29, 0.717) is 5.92 Å². The molecule has 0 saturated carbocycles. The van der Waals surface area contributed by atoms with Crippen LogP contribution < -0.4 is 0 Å².